The third-order valence-electron chi connectivity index (χ3n) is 4.70. The molecule has 2 aromatic rings. The SMILES string of the molecule is COc1ccc2c(c1)[C@H](C1=C(O)CCCC1=O)c1ccccc1O2. The number of methoxy groups -OCH3 is 1. The zero-order valence-corrected chi connectivity index (χ0v) is 13.4. The largest absolute Gasteiger partial charge is 0.512 e. The van der Waals surface area contributed by atoms with E-state index in [1.807, 2.05) is 42.5 Å². The molecule has 0 radical (unpaired) electrons. The maximum Gasteiger partial charge on any atom is 0.163 e. The molecule has 24 heavy (non-hydrogen) atoms. The van der Waals surface area contributed by atoms with E-state index >= 15 is 0 Å². The molecule has 1 aliphatic carbocycles. The number of aliphatic hydroxyl groups excluding tert-OH is 1. The Labute approximate surface area is 140 Å². The summed E-state index contributed by atoms with van der Waals surface area (Å²) in [6.07, 6.45) is 1.71. The van der Waals surface area contributed by atoms with Gasteiger partial charge >= 0.3 is 0 Å². The molecule has 0 unspecified atom stereocenters. The van der Waals surface area contributed by atoms with Gasteiger partial charge in [0, 0.05) is 35.5 Å². The molecule has 1 atom stereocenters. The molecule has 1 N–H and O–H groups in total. The fourth-order valence-corrected chi connectivity index (χ4v) is 3.56. The van der Waals surface area contributed by atoms with Crippen molar-refractivity contribution in [2.75, 3.05) is 7.11 Å². The average Bonchev–Trinajstić information content (AvgIpc) is 2.60. The van der Waals surface area contributed by atoms with Crippen LogP contribution in [0.2, 0.25) is 0 Å². The number of Topliss-reactive ketones (excluding diaryl/α,β-unsaturated/α-hetero) is 1. The lowest BCUT2D eigenvalue weighted by Gasteiger charge is -2.31. The lowest BCUT2D eigenvalue weighted by atomic mass is 9.77. The van der Waals surface area contributed by atoms with E-state index in [2.05, 4.69) is 0 Å². The zero-order chi connectivity index (χ0) is 16.7. The maximum absolute atomic E-state index is 12.6. The van der Waals surface area contributed by atoms with Crippen LogP contribution in [0.3, 0.4) is 0 Å². The van der Waals surface area contributed by atoms with Crippen LogP contribution in [0.1, 0.15) is 36.3 Å². The number of ketones is 1. The number of allylic oxidation sites excluding steroid dienone is 2. The number of rotatable bonds is 2. The first-order valence-electron chi connectivity index (χ1n) is 8.09. The maximum atomic E-state index is 12.6. The molecule has 122 valence electrons. The van der Waals surface area contributed by atoms with E-state index in [0.29, 0.717) is 36.3 Å². The van der Waals surface area contributed by atoms with Crippen molar-refractivity contribution in [2.24, 2.45) is 0 Å². The number of hydrogen-bond acceptors (Lipinski definition) is 4. The Kier molecular flexibility index (Phi) is 3.53. The van der Waals surface area contributed by atoms with Crippen molar-refractivity contribution in [3.8, 4) is 17.2 Å². The number of fused-ring (bicyclic) bond motifs is 2. The minimum Gasteiger partial charge on any atom is -0.512 e. The number of ether oxygens (including phenoxy) is 2. The van der Waals surface area contributed by atoms with Gasteiger partial charge in [-0.3, -0.25) is 4.79 Å². The Balaban J connectivity index is 1.97. The van der Waals surface area contributed by atoms with Gasteiger partial charge in [-0.15, -0.1) is 0 Å². The van der Waals surface area contributed by atoms with Crippen LogP contribution in [0.4, 0.5) is 0 Å². The van der Waals surface area contributed by atoms with Crippen LogP contribution in [-0.2, 0) is 4.79 Å². The molecule has 1 aliphatic heterocycles. The van der Waals surface area contributed by atoms with Crippen molar-refractivity contribution >= 4 is 5.78 Å². The fraction of sp³-hybridized carbons (Fsp3) is 0.250. The highest BCUT2D eigenvalue weighted by molar-refractivity contribution is 5.99. The number of carbonyl (C=O) groups is 1. The van der Waals surface area contributed by atoms with Crippen LogP contribution in [-0.4, -0.2) is 18.0 Å². The van der Waals surface area contributed by atoms with Crippen molar-refractivity contribution in [3.63, 3.8) is 0 Å². The highest BCUT2D eigenvalue weighted by Crippen LogP contribution is 2.50. The van der Waals surface area contributed by atoms with Gasteiger partial charge in [0.15, 0.2) is 5.78 Å². The van der Waals surface area contributed by atoms with Gasteiger partial charge in [0.25, 0.3) is 0 Å². The lowest BCUT2D eigenvalue weighted by molar-refractivity contribution is -0.116. The van der Waals surface area contributed by atoms with Crippen molar-refractivity contribution in [3.05, 3.63) is 64.9 Å². The zero-order valence-electron chi connectivity index (χ0n) is 13.4. The van der Waals surface area contributed by atoms with E-state index in [1.54, 1.807) is 7.11 Å². The molecule has 0 fully saturated rings. The van der Waals surface area contributed by atoms with Crippen molar-refractivity contribution in [2.45, 2.75) is 25.2 Å². The van der Waals surface area contributed by atoms with E-state index in [9.17, 15) is 9.90 Å². The highest BCUT2D eigenvalue weighted by Gasteiger charge is 2.36. The van der Waals surface area contributed by atoms with E-state index in [-0.39, 0.29) is 17.5 Å². The first-order valence-corrected chi connectivity index (χ1v) is 8.09. The number of carbonyl (C=O) groups excluding carboxylic acids is 1. The summed E-state index contributed by atoms with van der Waals surface area (Å²) in [5, 5.41) is 10.5. The molecular weight excluding hydrogens is 304 g/mol. The summed E-state index contributed by atoms with van der Waals surface area (Å²) >= 11 is 0. The van der Waals surface area contributed by atoms with Gasteiger partial charge in [-0.25, -0.2) is 0 Å². The first kappa shape index (κ1) is 14.8. The molecule has 4 nitrogen and oxygen atoms in total. The Hall–Kier alpha value is -2.75. The predicted octanol–water partition coefficient (Wildman–Crippen LogP) is 4.50. The molecule has 4 heteroatoms. The molecule has 0 saturated carbocycles. The summed E-state index contributed by atoms with van der Waals surface area (Å²) in [5.74, 6) is 1.99. The molecule has 4 rings (SSSR count). The Morgan fingerprint density at radius 1 is 1.08 bits per heavy atom. The topological polar surface area (TPSA) is 55.8 Å². The Morgan fingerprint density at radius 2 is 1.88 bits per heavy atom. The van der Waals surface area contributed by atoms with Gasteiger partial charge in [0.2, 0.25) is 0 Å². The van der Waals surface area contributed by atoms with Gasteiger partial charge in [-0.2, -0.15) is 0 Å². The molecular formula is C20H18O4. The van der Waals surface area contributed by atoms with Gasteiger partial charge in [0.1, 0.15) is 17.2 Å². The second-order valence-electron chi connectivity index (χ2n) is 6.11. The predicted molar refractivity (Wildman–Crippen MR) is 89.9 cm³/mol. The number of para-hydroxylation sites is 1. The highest BCUT2D eigenvalue weighted by atomic mass is 16.5. The van der Waals surface area contributed by atoms with E-state index < -0.39 is 0 Å². The summed E-state index contributed by atoms with van der Waals surface area (Å²) in [7, 11) is 1.61. The summed E-state index contributed by atoms with van der Waals surface area (Å²) in [6, 6.07) is 13.2. The van der Waals surface area contributed by atoms with E-state index in [0.717, 1.165) is 16.9 Å². The van der Waals surface area contributed by atoms with Crippen LogP contribution >= 0.6 is 0 Å². The second kappa shape index (κ2) is 5.71. The molecule has 0 spiro atoms. The van der Waals surface area contributed by atoms with E-state index in [4.69, 9.17) is 9.47 Å². The molecule has 1 heterocycles. The van der Waals surface area contributed by atoms with Crippen LogP contribution < -0.4 is 9.47 Å². The summed E-state index contributed by atoms with van der Waals surface area (Å²) in [4.78, 5) is 12.6. The van der Waals surface area contributed by atoms with Crippen molar-refractivity contribution in [1.29, 1.82) is 0 Å². The first-order chi connectivity index (χ1) is 11.7. The number of hydrogen-bond donors (Lipinski definition) is 1. The molecule has 0 saturated heterocycles. The van der Waals surface area contributed by atoms with Crippen LogP contribution in [0.15, 0.2) is 53.8 Å². The van der Waals surface area contributed by atoms with Gasteiger partial charge in [-0.1, -0.05) is 18.2 Å². The van der Waals surface area contributed by atoms with Gasteiger partial charge in [0.05, 0.1) is 12.9 Å². The third-order valence-corrected chi connectivity index (χ3v) is 4.70. The molecule has 2 aliphatic rings. The average molecular weight is 322 g/mol. The summed E-state index contributed by atoms with van der Waals surface area (Å²) < 4.78 is 11.3. The monoisotopic (exact) mass is 322 g/mol. The van der Waals surface area contributed by atoms with E-state index in [1.165, 1.54) is 0 Å². The number of benzene rings is 2. The molecule has 0 amide bonds. The normalized spacial score (nSPS) is 19.4. The van der Waals surface area contributed by atoms with Gasteiger partial charge < -0.3 is 14.6 Å². The lowest BCUT2D eigenvalue weighted by Crippen LogP contribution is -2.22. The van der Waals surface area contributed by atoms with Gasteiger partial charge in [-0.05, 0) is 30.7 Å². The Morgan fingerprint density at radius 3 is 2.67 bits per heavy atom. The molecule has 2 aromatic carbocycles. The summed E-state index contributed by atoms with van der Waals surface area (Å²) in [6.45, 7) is 0. The van der Waals surface area contributed by atoms with Crippen LogP contribution in [0, 0.1) is 0 Å². The standard InChI is InChI=1S/C20H18O4/c1-23-12-9-10-18-14(11-12)19(13-5-2-3-8-17(13)24-18)20-15(21)6-4-7-16(20)22/h2-3,5,8-11,19,21H,4,6-7H2,1H3/t19-/m1/s1. The van der Waals surface area contributed by atoms with Crippen LogP contribution in [0.25, 0.3) is 0 Å². The quantitative estimate of drug-likeness (QED) is 0.884. The molecule has 0 bridgehead atoms. The third kappa shape index (κ3) is 2.26. The van der Waals surface area contributed by atoms with Crippen LogP contribution in [0.5, 0.6) is 17.2 Å². The minimum absolute atomic E-state index is 0.00854. The van der Waals surface area contributed by atoms with Crippen molar-refractivity contribution in [1.82, 2.24) is 0 Å². The number of aliphatic hydroxyl groups is 1. The minimum atomic E-state index is -0.326. The molecule has 0 aromatic heterocycles. The smallest absolute Gasteiger partial charge is 0.163 e. The Bertz CT molecular complexity index is 850. The second-order valence-corrected chi connectivity index (χ2v) is 6.11. The summed E-state index contributed by atoms with van der Waals surface area (Å²) in [5.41, 5.74) is 2.24. The fourth-order valence-electron chi connectivity index (χ4n) is 3.56. The van der Waals surface area contributed by atoms with Crippen molar-refractivity contribution < 1.29 is 19.4 Å².